The van der Waals surface area contributed by atoms with Gasteiger partial charge in [0.15, 0.2) is 5.13 Å². The van der Waals surface area contributed by atoms with Crippen LogP contribution < -0.4 is 15.0 Å². The fraction of sp³-hybridized carbons (Fsp3) is 0.412. The van der Waals surface area contributed by atoms with E-state index in [9.17, 15) is 4.79 Å². The van der Waals surface area contributed by atoms with Crippen molar-refractivity contribution in [2.45, 2.75) is 13.8 Å². The van der Waals surface area contributed by atoms with E-state index in [0.29, 0.717) is 25.4 Å². The van der Waals surface area contributed by atoms with Gasteiger partial charge in [-0.05, 0) is 31.5 Å². The molecule has 3 rings (SSSR count). The van der Waals surface area contributed by atoms with Gasteiger partial charge in [0.1, 0.15) is 5.75 Å². The van der Waals surface area contributed by atoms with Crippen LogP contribution in [0, 0.1) is 6.92 Å². The van der Waals surface area contributed by atoms with Gasteiger partial charge in [0.25, 0.3) is 0 Å². The third-order valence-corrected chi connectivity index (χ3v) is 4.77. The third kappa shape index (κ3) is 3.79. The number of rotatable bonds is 4. The molecule has 1 N–H and O–H groups in total. The molecule has 0 spiro atoms. The quantitative estimate of drug-likeness (QED) is 0.924. The number of hydrogen-bond donors (Lipinski definition) is 1. The first-order valence-corrected chi connectivity index (χ1v) is 8.99. The Labute approximate surface area is 146 Å². The number of nitrogens with zero attached hydrogens (tertiary/aromatic N) is 3. The minimum atomic E-state index is -0.0846. The van der Waals surface area contributed by atoms with Crippen LogP contribution in [0.4, 0.5) is 15.6 Å². The molecule has 0 aliphatic carbocycles. The molecule has 2 heterocycles. The predicted molar refractivity (Wildman–Crippen MR) is 97.3 cm³/mol. The van der Waals surface area contributed by atoms with E-state index >= 15 is 0 Å². The highest BCUT2D eigenvalue weighted by Gasteiger charge is 2.23. The van der Waals surface area contributed by atoms with Gasteiger partial charge >= 0.3 is 6.03 Å². The number of piperazine rings is 1. The van der Waals surface area contributed by atoms with Gasteiger partial charge in [0, 0.05) is 37.8 Å². The lowest BCUT2D eigenvalue weighted by molar-refractivity contribution is 0.208. The third-order valence-electron chi connectivity index (χ3n) is 3.94. The minimum Gasteiger partial charge on any atom is -0.492 e. The van der Waals surface area contributed by atoms with Crippen molar-refractivity contribution in [1.29, 1.82) is 0 Å². The van der Waals surface area contributed by atoms with Crippen molar-refractivity contribution in [2.75, 3.05) is 43.0 Å². The Morgan fingerprint density at radius 1 is 1.33 bits per heavy atom. The van der Waals surface area contributed by atoms with E-state index in [-0.39, 0.29) is 6.03 Å². The molecule has 128 valence electrons. The maximum Gasteiger partial charge on any atom is 0.322 e. The van der Waals surface area contributed by atoms with Gasteiger partial charge in [-0.15, -0.1) is 11.3 Å². The summed E-state index contributed by atoms with van der Waals surface area (Å²) in [6.45, 7) is 7.47. The van der Waals surface area contributed by atoms with Crippen LogP contribution >= 0.6 is 11.3 Å². The highest BCUT2D eigenvalue weighted by Crippen LogP contribution is 2.26. The number of amides is 2. The first kappa shape index (κ1) is 16.6. The van der Waals surface area contributed by atoms with Crippen molar-refractivity contribution in [3.63, 3.8) is 0 Å². The molecular formula is C17H22N4O2S. The number of nitrogens with one attached hydrogen (secondary N) is 1. The van der Waals surface area contributed by atoms with Crippen LogP contribution in [0.15, 0.2) is 29.8 Å². The second kappa shape index (κ2) is 7.53. The van der Waals surface area contributed by atoms with Crippen LogP contribution in [-0.2, 0) is 0 Å². The van der Waals surface area contributed by atoms with Crippen LogP contribution in [0.3, 0.4) is 0 Å². The summed E-state index contributed by atoms with van der Waals surface area (Å²) in [6, 6.07) is 5.72. The number of thiazole rings is 1. The van der Waals surface area contributed by atoms with Crippen LogP contribution in [0.5, 0.6) is 5.75 Å². The topological polar surface area (TPSA) is 57.7 Å². The lowest BCUT2D eigenvalue weighted by atomic mass is 10.2. The van der Waals surface area contributed by atoms with Crippen molar-refractivity contribution in [1.82, 2.24) is 9.88 Å². The maximum atomic E-state index is 12.5. The fourth-order valence-corrected chi connectivity index (χ4v) is 3.37. The fourth-order valence-electron chi connectivity index (χ4n) is 2.67. The number of urea groups is 1. The molecule has 1 aromatic carbocycles. The summed E-state index contributed by atoms with van der Waals surface area (Å²) in [5.74, 6) is 0.715. The highest BCUT2D eigenvalue weighted by atomic mass is 32.1. The predicted octanol–water partition coefficient (Wildman–Crippen LogP) is 3.20. The van der Waals surface area contributed by atoms with Crippen LogP contribution in [0.2, 0.25) is 0 Å². The number of carbonyl (C=O) groups is 1. The zero-order chi connectivity index (χ0) is 16.9. The van der Waals surface area contributed by atoms with Crippen LogP contribution in [0.25, 0.3) is 0 Å². The lowest BCUT2D eigenvalue weighted by Gasteiger charge is -2.34. The number of hydrogen-bond acceptors (Lipinski definition) is 5. The average molecular weight is 346 g/mol. The Balaban J connectivity index is 1.60. The van der Waals surface area contributed by atoms with Gasteiger partial charge in [-0.1, -0.05) is 6.07 Å². The summed E-state index contributed by atoms with van der Waals surface area (Å²) in [5, 5.41) is 5.97. The number of ether oxygens (including phenoxy) is 1. The molecule has 7 heteroatoms. The molecule has 0 saturated carbocycles. The van der Waals surface area contributed by atoms with E-state index in [1.807, 2.05) is 48.5 Å². The zero-order valence-electron chi connectivity index (χ0n) is 14.0. The van der Waals surface area contributed by atoms with Gasteiger partial charge in [-0.2, -0.15) is 0 Å². The molecule has 6 nitrogen and oxygen atoms in total. The Hall–Kier alpha value is -2.28. The largest absolute Gasteiger partial charge is 0.492 e. The maximum absolute atomic E-state index is 12.5. The molecule has 0 radical (unpaired) electrons. The van der Waals surface area contributed by atoms with Gasteiger partial charge in [0.2, 0.25) is 0 Å². The molecule has 1 aliphatic rings. The second-order valence-corrected chi connectivity index (χ2v) is 6.52. The molecule has 2 amide bonds. The molecule has 0 bridgehead atoms. The SMILES string of the molecule is CCOc1cc(C)ccc1NC(=O)N1CCN(c2nccs2)CC1. The molecule has 1 fully saturated rings. The Morgan fingerprint density at radius 3 is 2.79 bits per heavy atom. The van der Waals surface area contributed by atoms with E-state index in [0.717, 1.165) is 29.5 Å². The summed E-state index contributed by atoms with van der Waals surface area (Å²) >= 11 is 1.63. The van der Waals surface area contributed by atoms with E-state index < -0.39 is 0 Å². The van der Waals surface area contributed by atoms with E-state index in [1.54, 1.807) is 11.3 Å². The van der Waals surface area contributed by atoms with Gasteiger partial charge < -0.3 is 19.9 Å². The number of aromatic nitrogens is 1. The molecule has 0 atom stereocenters. The number of aryl methyl sites for hydroxylation is 1. The van der Waals surface area contributed by atoms with E-state index in [4.69, 9.17) is 4.74 Å². The second-order valence-electron chi connectivity index (χ2n) is 5.65. The normalized spacial score (nSPS) is 14.6. The first-order valence-electron chi connectivity index (χ1n) is 8.11. The smallest absolute Gasteiger partial charge is 0.322 e. The summed E-state index contributed by atoms with van der Waals surface area (Å²) in [4.78, 5) is 20.9. The number of carbonyl (C=O) groups excluding carboxylic acids is 1. The number of benzene rings is 1. The highest BCUT2D eigenvalue weighted by molar-refractivity contribution is 7.13. The monoisotopic (exact) mass is 346 g/mol. The van der Waals surface area contributed by atoms with E-state index in [2.05, 4.69) is 15.2 Å². The summed E-state index contributed by atoms with van der Waals surface area (Å²) in [6.07, 6.45) is 1.81. The molecule has 0 unspecified atom stereocenters. The van der Waals surface area contributed by atoms with E-state index in [1.165, 1.54) is 0 Å². The molecular weight excluding hydrogens is 324 g/mol. The average Bonchev–Trinajstić information content (AvgIpc) is 3.12. The summed E-state index contributed by atoms with van der Waals surface area (Å²) in [7, 11) is 0. The minimum absolute atomic E-state index is 0.0846. The van der Waals surface area contributed by atoms with Gasteiger partial charge in [-0.3, -0.25) is 0 Å². The summed E-state index contributed by atoms with van der Waals surface area (Å²) in [5.41, 5.74) is 1.82. The van der Waals surface area contributed by atoms with Crippen LogP contribution in [0.1, 0.15) is 12.5 Å². The summed E-state index contributed by atoms with van der Waals surface area (Å²) < 4.78 is 5.62. The van der Waals surface area contributed by atoms with Crippen molar-refractivity contribution in [2.24, 2.45) is 0 Å². The molecule has 1 saturated heterocycles. The van der Waals surface area contributed by atoms with Crippen LogP contribution in [-0.4, -0.2) is 48.7 Å². The van der Waals surface area contributed by atoms with Gasteiger partial charge in [0.05, 0.1) is 12.3 Å². The first-order chi connectivity index (χ1) is 11.7. The Bertz CT molecular complexity index is 682. The van der Waals surface area contributed by atoms with Crippen molar-refractivity contribution >= 4 is 28.2 Å². The Kier molecular flexibility index (Phi) is 5.20. The van der Waals surface area contributed by atoms with Crippen molar-refractivity contribution in [3.8, 4) is 5.75 Å². The zero-order valence-corrected chi connectivity index (χ0v) is 14.8. The standard InChI is InChI=1S/C17H22N4O2S/c1-3-23-15-12-13(2)4-5-14(15)19-16(22)20-7-9-21(10-8-20)17-18-6-11-24-17/h4-6,11-12H,3,7-10H2,1-2H3,(H,19,22). The molecule has 2 aromatic rings. The molecule has 1 aromatic heterocycles. The lowest BCUT2D eigenvalue weighted by Crippen LogP contribution is -2.50. The number of anilines is 2. The molecule has 1 aliphatic heterocycles. The van der Waals surface area contributed by atoms with Crippen molar-refractivity contribution < 1.29 is 9.53 Å². The van der Waals surface area contributed by atoms with Gasteiger partial charge in [-0.25, -0.2) is 9.78 Å². The molecule has 24 heavy (non-hydrogen) atoms. The van der Waals surface area contributed by atoms with Crippen molar-refractivity contribution in [3.05, 3.63) is 35.3 Å². The Morgan fingerprint density at radius 2 is 2.12 bits per heavy atom.